The van der Waals surface area contributed by atoms with Crippen LogP contribution < -0.4 is 10.6 Å². The van der Waals surface area contributed by atoms with E-state index in [1.165, 1.54) is 12.2 Å². The van der Waals surface area contributed by atoms with Gasteiger partial charge in [-0.1, -0.05) is 6.07 Å². The highest BCUT2D eigenvalue weighted by molar-refractivity contribution is 14.0. The number of unbranched alkanes of at least 4 members (excludes halogenated alkanes) is 1. The minimum Gasteiger partial charge on any atom is -0.356 e. The first kappa shape index (κ1) is 21.8. The van der Waals surface area contributed by atoms with Gasteiger partial charge in [-0.25, -0.2) is 9.97 Å². The molecule has 0 bridgehead atoms. The second-order valence-corrected chi connectivity index (χ2v) is 6.41. The zero-order chi connectivity index (χ0) is 17.2. The van der Waals surface area contributed by atoms with Crippen LogP contribution in [-0.2, 0) is 6.54 Å². The van der Waals surface area contributed by atoms with Gasteiger partial charge in [0.2, 0.25) is 0 Å². The summed E-state index contributed by atoms with van der Waals surface area (Å²) in [7, 11) is 1.79. The molecule has 0 unspecified atom stereocenters. The second kappa shape index (κ2) is 12.1. The van der Waals surface area contributed by atoms with Gasteiger partial charge in [0.25, 0.3) is 0 Å². The predicted octanol–water partition coefficient (Wildman–Crippen LogP) is 3.00. The molecule has 8 heteroatoms. The van der Waals surface area contributed by atoms with Crippen LogP contribution in [0.25, 0.3) is 5.82 Å². The van der Waals surface area contributed by atoms with Crippen LogP contribution in [0.15, 0.2) is 35.7 Å². The summed E-state index contributed by atoms with van der Waals surface area (Å²) in [5, 5.41) is 6.65. The van der Waals surface area contributed by atoms with Gasteiger partial charge in [0, 0.05) is 38.7 Å². The Kier molecular flexibility index (Phi) is 10.6. The van der Waals surface area contributed by atoms with Crippen LogP contribution in [0.4, 0.5) is 0 Å². The van der Waals surface area contributed by atoms with Crippen molar-refractivity contribution in [3.05, 3.63) is 42.1 Å². The van der Waals surface area contributed by atoms with Gasteiger partial charge in [-0.05, 0) is 43.4 Å². The third kappa shape index (κ3) is 7.23. The third-order valence-corrected chi connectivity index (χ3v) is 4.33. The number of aromatic nitrogens is 3. The molecule has 0 aliphatic heterocycles. The number of imidazole rings is 1. The highest BCUT2D eigenvalue weighted by atomic mass is 127. The van der Waals surface area contributed by atoms with Crippen molar-refractivity contribution in [1.82, 2.24) is 25.2 Å². The Hall–Kier alpha value is -1.29. The number of aryl methyl sites for hydroxylation is 1. The lowest BCUT2D eigenvalue weighted by atomic mass is 10.3. The van der Waals surface area contributed by atoms with Gasteiger partial charge in [0.15, 0.2) is 5.96 Å². The van der Waals surface area contributed by atoms with Crippen LogP contribution in [0.1, 0.15) is 24.2 Å². The van der Waals surface area contributed by atoms with Crippen LogP contribution in [-0.4, -0.2) is 46.1 Å². The monoisotopic (exact) mass is 474 g/mol. The number of hydrogen-bond acceptors (Lipinski definition) is 4. The lowest BCUT2D eigenvalue weighted by Gasteiger charge is -2.12. The van der Waals surface area contributed by atoms with E-state index >= 15 is 0 Å². The van der Waals surface area contributed by atoms with Gasteiger partial charge >= 0.3 is 0 Å². The number of guanidine groups is 1. The van der Waals surface area contributed by atoms with E-state index in [0.29, 0.717) is 6.54 Å². The Bertz CT molecular complexity index is 641. The molecule has 2 aromatic heterocycles. The zero-order valence-corrected chi connectivity index (χ0v) is 18.2. The quantitative estimate of drug-likeness (QED) is 0.267. The molecule has 2 aromatic rings. The molecule has 0 radical (unpaired) electrons. The number of rotatable bonds is 8. The van der Waals surface area contributed by atoms with Crippen LogP contribution in [0.5, 0.6) is 0 Å². The van der Waals surface area contributed by atoms with E-state index < -0.39 is 0 Å². The maximum absolute atomic E-state index is 4.50. The molecule has 2 N–H and O–H groups in total. The smallest absolute Gasteiger partial charge is 0.191 e. The zero-order valence-electron chi connectivity index (χ0n) is 15.0. The van der Waals surface area contributed by atoms with Crippen molar-refractivity contribution in [3.63, 3.8) is 0 Å². The molecule has 0 aliphatic rings. The summed E-state index contributed by atoms with van der Waals surface area (Å²) in [6.07, 6.45) is 10.1. The van der Waals surface area contributed by atoms with Crippen molar-refractivity contribution in [3.8, 4) is 5.82 Å². The van der Waals surface area contributed by atoms with E-state index in [2.05, 4.69) is 37.9 Å². The summed E-state index contributed by atoms with van der Waals surface area (Å²) in [6.45, 7) is 3.60. The van der Waals surface area contributed by atoms with Gasteiger partial charge in [-0.3, -0.25) is 9.56 Å². The average molecular weight is 474 g/mol. The van der Waals surface area contributed by atoms with Crippen LogP contribution in [0, 0.1) is 6.92 Å². The first-order chi connectivity index (χ1) is 11.7. The maximum atomic E-state index is 4.50. The van der Waals surface area contributed by atoms with E-state index in [0.717, 1.165) is 36.1 Å². The van der Waals surface area contributed by atoms with E-state index in [1.54, 1.807) is 13.2 Å². The van der Waals surface area contributed by atoms with Crippen LogP contribution in [0.3, 0.4) is 0 Å². The predicted molar refractivity (Wildman–Crippen MR) is 117 cm³/mol. The molecule has 0 aliphatic carbocycles. The molecule has 0 saturated heterocycles. The van der Waals surface area contributed by atoms with Gasteiger partial charge in [-0.15, -0.1) is 24.0 Å². The third-order valence-electron chi connectivity index (χ3n) is 3.63. The molecular weight excluding hydrogens is 447 g/mol. The molecule has 2 rings (SSSR count). The first-order valence-corrected chi connectivity index (χ1v) is 9.52. The fourth-order valence-corrected chi connectivity index (χ4v) is 2.76. The van der Waals surface area contributed by atoms with Gasteiger partial charge in [-0.2, -0.15) is 11.8 Å². The summed E-state index contributed by atoms with van der Waals surface area (Å²) in [6, 6.07) is 4.07. The Morgan fingerprint density at radius 1 is 1.24 bits per heavy atom. The minimum absolute atomic E-state index is 0. The first-order valence-electron chi connectivity index (χ1n) is 8.13. The average Bonchev–Trinajstić information content (AvgIpc) is 3.04. The summed E-state index contributed by atoms with van der Waals surface area (Å²) < 4.78 is 1.96. The number of thioether (sulfide) groups is 1. The summed E-state index contributed by atoms with van der Waals surface area (Å²) in [4.78, 5) is 13.0. The number of nitrogens with zero attached hydrogens (tertiary/aromatic N) is 4. The van der Waals surface area contributed by atoms with E-state index in [1.807, 2.05) is 41.7 Å². The molecule has 0 aromatic carbocycles. The van der Waals surface area contributed by atoms with Crippen molar-refractivity contribution in [1.29, 1.82) is 0 Å². The van der Waals surface area contributed by atoms with Crippen molar-refractivity contribution < 1.29 is 0 Å². The largest absolute Gasteiger partial charge is 0.356 e. The van der Waals surface area contributed by atoms with Gasteiger partial charge in [0.05, 0.1) is 0 Å². The minimum atomic E-state index is 0. The number of nitrogens with one attached hydrogen (secondary N) is 2. The summed E-state index contributed by atoms with van der Waals surface area (Å²) >= 11 is 1.89. The van der Waals surface area contributed by atoms with Crippen LogP contribution in [0.2, 0.25) is 0 Å². The molecule has 138 valence electrons. The summed E-state index contributed by atoms with van der Waals surface area (Å²) in [5.74, 6) is 3.85. The molecule has 0 atom stereocenters. The van der Waals surface area contributed by atoms with Crippen molar-refractivity contribution >= 4 is 41.7 Å². The Balaban J connectivity index is 0.00000312. The molecular formula is C17H27IN6S. The van der Waals surface area contributed by atoms with Crippen molar-refractivity contribution in [2.24, 2.45) is 4.99 Å². The van der Waals surface area contributed by atoms with E-state index in [9.17, 15) is 0 Å². The normalized spacial score (nSPS) is 11.1. The standard InChI is InChI=1S/C17H26N6S.HI/c1-14-19-9-10-23(14)16-7-6-15(12-21-16)13-22-17(18-2)20-8-4-5-11-24-3;/h6-7,9-10,12H,4-5,8,11,13H2,1-3H3,(H2,18,20,22);1H. The fraction of sp³-hybridized carbons (Fsp3) is 0.471. The molecule has 0 spiro atoms. The number of aliphatic imine (C=N–C) groups is 1. The van der Waals surface area contributed by atoms with Gasteiger partial charge < -0.3 is 10.6 Å². The molecule has 0 fully saturated rings. The SMILES string of the molecule is CN=C(NCCCCSC)NCc1ccc(-n2ccnc2C)nc1.I. The number of pyridine rings is 1. The molecule has 0 saturated carbocycles. The molecule has 6 nitrogen and oxygen atoms in total. The lowest BCUT2D eigenvalue weighted by molar-refractivity contribution is 0.732. The molecule has 2 heterocycles. The van der Waals surface area contributed by atoms with Crippen LogP contribution >= 0.6 is 35.7 Å². The molecule has 25 heavy (non-hydrogen) atoms. The van der Waals surface area contributed by atoms with E-state index in [-0.39, 0.29) is 24.0 Å². The molecule has 0 amide bonds. The second-order valence-electron chi connectivity index (χ2n) is 5.42. The van der Waals surface area contributed by atoms with E-state index in [4.69, 9.17) is 0 Å². The van der Waals surface area contributed by atoms with Crippen molar-refractivity contribution in [2.75, 3.05) is 25.6 Å². The number of halogens is 1. The number of hydrogen-bond donors (Lipinski definition) is 2. The Morgan fingerprint density at radius 3 is 2.68 bits per heavy atom. The van der Waals surface area contributed by atoms with Crippen molar-refractivity contribution in [2.45, 2.75) is 26.3 Å². The fourth-order valence-electron chi connectivity index (χ4n) is 2.27. The highest BCUT2D eigenvalue weighted by Gasteiger charge is 2.03. The van der Waals surface area contributed by atoms with Gasteiger partial charge in [0.1, 0.15) is 11.6 Å². The highest BCUT2D eigenvalue weighted by Crippen LogP contribution is 2.08. The maximum Gasteiger partial charge on any atom is 0.191 e. The summed E-state index contributed by atoms with van der Waals surface area (Å²) in [5.41, 5.74) is 1.11. The Morgan fingerprint density at radius 2 is 2.08 bits per heavy atom. The lowest BCUT2D eigenvalue weighted by Crippen LogP contribution is -2.37. The Labute approximate surface area is 171 Å². The topological polar surface area (TPSA) is 67.1 Å².